The topological polar surface area (TPSA) is 58.6 Å². The smallest absolute Gasteiger partial charge is 0.215 e. The summed E-state index contributed by atoms with van der Waals surface area (Å²) in [6.45, 7) is 10.7. The van der Waals surface area contributed by atoms with Crippen LogP contribution in [0.25, 0.3) is 0 Å². The average molecular weight is 318 g/mol. The molecule has 1 N–H and O–H groups in total. The second-order valence-corrected chi connectivity index (χ2v) is 8.84. The summed E-state index contributed by atoms with van der Waals surface area (Å²) in [6, 6.07) is 0.370. The number of nitrogens with one attached hydrogen (secondary N) is 1. The molecule has 2 rings (SSSR count). The first-order valence-corrected chi connectivity index (χ1v) is 9.78. The van der Waals surface area contributed by atoms with E-state index in [0.717, 1.165) is 13.0 Å². The van der Waals surface area contributed by atoms with Crippen molar-refractivity contribution in [3.8, 4) is 0 Å². The Kier molecular flexibility index (Phi) is 5.34. The summed E-state index contributed by atoms with van der Waals surface area (Å²) in [4.78, 5) is 0. The van der Waals surface area contributed by atoms with Crippen LogP contribution in [-0.2, 0) is 14.8 Å². The summed E-state index contributed by atoms with van der Waals surface area (Å²) in [7, 11) is -3.13. The van der Waals surface area contributed by atoms with E-state index < -0.39 is 10.0 Å². The zero-order valence-corrected chi connectivity index (χ0v) is 14.6. The van der Waals surface area contributed by atoms with Gasteiger partial charge in [-0.05, 0) is 12.8 Å². The third-order valence-electron chi connectivity index (χ3n) is 5.15. The maximum atomic E-state index is 12.2. The van der Waals surface area contributed by atoms with E-state index in [9.17, 15) is 8.42 Å². The van der Waals surface area contributed by atoms with Crippen molar-refractivity contribution in [3.63, 3.8) is 0 Å². The first-order valence-electron chi connectivity index (χ1n) is 8.17. The van der Waals surface area contributed by atoms with Crippen molar-refractivity contribution in [3.05, 3.63) is 0 Å². The lowest BCUT2D eigenvalue weighted by Gasteiger charge is -2.60. The van der Waals surface area contributed by atoms with Crippen LogP contribution in [0.2, 0.25) is 0 Å². The van der Waals surface area contributed by atoms with Gasteiger partial charge in [0.2, 0.25) is 10.0 Å². The molecule has 0 radical (unpaired) electrons. The Morgan fingerprint density at radius 2 is 1.95 bits per heavy atom. The third-order valence-corrected chi connectivity index (χ3v) is 7.18. The maximum absolute atomic E-state index is 12.2. The number of sulfonamides is 1. The van der Waals surface area contributed by atoms with E-state index in [0.29, 0.717) is 37.7 Å². The van der Waals surface area contributed by atoms with Gasteiger partial charge in [-0.25, -0.2) is 12.7 Å². The quantitative estimate of drug-likeness (QED) is 0.772. The molecule has 1 aliphatic heterocycles. The Hall–Kier alpha value is -0.170. The molecule has 2 fully saturated rings. The SMILES string of the molecule is CCN(CC)S(=O)(=O)CCN[C@@H]1[C@H]2CCCO[C@H]2C1(C)C. The average Bonchev–Trinajstić information content (AvgIpc) is 2.44. The second-order valence-electron chi connectivity index (χ2n) is 6.75. The van der Waals surface area contributed by atoms with Gasteiger partial charge in [-0.2, -0.15) is 0 Å². The molecule has 0 spiro atoms. The fraction of sp³-hybridized carbons (Fsp3) is 1.00. The fourth-order valence-corrected chi connectivity index (χ4v) is 5.45. The van der Waals surface area contributed by atoms with Crippen molar-refractivity contribution in [2.45, 2.75) is 52.7 Å². The summed E-state index contributed by atoms with van der Waals surface area (Å²) in [5.41, 5.74) is 0.101. The summed E-state index contributed by atoms with van der Waals surface area (Å²) in [5.74, 6) is 0.726. The minimum atomic E-state index is -3.13. The van der Waals surface area contributed by atoms with Crippen LogP contribution < -0.4 is 5.32 Å². The highest BCUT2D eigenvalue weighted by Gasteiger charge is 2.57. The van der Waals surface area contributed by atoms with Crippen LogP contribution in [0.5, 0.6) is 0 Å². The van der Waals surface area contributed by atoms with Crippen LogP contribution in [0.3, 0.4) is 0 Å². The molecule has 1 heterocycles. The lowest BCUT2D eigenvalue weighted by atomic mass is 9.55. The van der Waals surface area contributed by atoms with E-state index in [-0.39, 0.29) is 11.2 Å². The largest absolute Gasteiger partial charge is 0.377 e. The Morgan fingerprint density at radius 3 is 2.57 bits per heavy atom. The van der Waals surface area contributed by atoms with Gasteiger partial charge >= 0.3 is 0 Å². The predicted molar refractivity (Wildman–Crippen MR) is 84.7 cm³/mol. The van der Waals surface area contributed by atoms with Gasteiger partial charge in [-0.1, -0.05) is 27.7 Å². The minimum Gasteiger partial charge on any atom is -0.377 e. The first-order chi connectivity index (χ1) is 9.84. The Labute approximate surface area is 129 Å². The van der Waals surface area contributed by atoms with Crippen molar-refractivity contribution in [1.29, 1.82) is 0 Å². The monoisotopic (exact) mass is 318 g/mol. The molecule has 0 bridgehead atoms. The van der Waals surface area contributed by atoms with E-state index >= 15 is 0 Å². The molecule has 1 saturated carbocycles. The van der Waals surface area contributed by atoms with Gasteiger partial charge in [0.05, 0.1) is 11.9 Å². The van der Waals surface area contributed by atoms with Crippen LogP contribution in [0.15, 0.2) is 0 Å². The number of rotatable bonds is 7. The minimum absolute atomic E-state index is 0.101. The molecule has 2 aliphatic rings. The number of nitrogens with zero attached hydrogens (tertiary/aromatic N) is 1. The molecule has 1 aliphatic carbocycles. The normalized spacial score (nSPS) is 31.8. The number of hydrogen-bond acceptors (Lipinski definition) is 4. The van der Waals surface area contributed by atoms with E-state index in [1.54, 1.807) is 0 Å². The van der Waals surface area contributed by atoms with Gasteiger partial charge < -0.3 is 10.1 Å². The van der Waals surface area contributed by atoms with Crippen molar-refractivity contribution < 1.29 is 13.2 Å². The lowest BCUT2D eigenvalue weighted by molar-refractivity contribution is -0.192. The highest BCUT2D eigenvalue weighted by atomic mass is 32.2. The first kappa shape index (κ1) is 17.2. The van der Waals surface area contributed by atoms with Gasteiger partial charge in [0.25, 0.3) is 0 Å². The van der Waals surface area contributed by atoms with Gasteiger partial charge in [-0.3, -0.25) is 0 Å². The van der Waals surface area contributed by atoms with E-state index in [2.05, 4.69) is 19.2 Å². The van der Waals surface area contributed by atoms with Crippen molar-refractivity contribution in [1.82, 2.24) is 9.62 Å². The zero-order chi connectivity index (χ0) is 15.7. The predicted octanol–water partition coefficient (Wildman–Crippen LogP) is 1.45. The molecule has 0 unspecified atom stereocenters. The Balaban J connectivity index is 1.86. The number of fused-ring (bicyclic) bond motifs is 1. The summed E-state index contributed by atoms with van der Waals surface area (Å²) >= 11 is 0. The highest BCUT2D eigenvalue weighted by molar-refractivity contribution is 7.89. The molecule has 0 aromatic heterocycles. The van der Waals surface area contributed by atoms with E-state index in [1.165, 1.54) is 10.7 Å². The summed E-state index contributed by atoms with van der Waals surface area (Å²) < 4.78 is 31.8. The number of ether oxygens (including phenoxy) is 1. The van der Waals surface area contributed by atoms with Gasteiger partial charge in [0.1, 0.15) is 0 Å². The highest BCUT2D eigenvalue weighted by Crippen LogP contribution is 2.51. The van der Waals surface area contributed by atoms with Crippen molar-refractivity contribution in [2.24, 2.45) is 11.3 Å². The molecule has 6 heteroatoms. The standard InChI is InChI=1S/C15H30N2O3S/c1-5-17(6-2)21(18,19)11-9-16-13-12-8-7-10-20-14(12)15(13,3)4/h12-14,16H,5-11H2,1-4H3/t12-,13-,14-/m1/s1. The van der Waals surface area contributed by atoms with Crippen LogP contribution in [0.4, 0.5) is 0 Å². The third kappa shape index (κ3) is 3.28. The molecule has 0 aromatic rings. The molecule has 3 atom stereocenters. The van der Waals surface area contributed by atoms with Gasteiger partial charge in [0.15, 0.2) is 0 Å². The molecule has 124 valence electrons. The molecular weight excluding hydrogens is 288 g/mol. The fourth-order valence-electron chi connectivity index (χ4n) is 4.03. The van der Waals surface area contributed by atoms with Gasteiger partial charge in [0, 0.05) is 43.6 Å². The zero-order valence-electron chi connectivity index (χ0n) is 13.8. The van der Waals surface area contributed by atoms with Crippen molar-refractivity contribution in [2.75, 3.05) is 32.0 Å². The van der Waals surface area contributed by atoms with Crippen LogP contribution in [0, 0.1) is 11.3 Å². The second kappa shape index (κ2) is 6.52. The van der Waals surface area contributed by atoms with Gasteiger partial charge in [-0.15, -0.1) is 0 Å². The number of hydrogen-bond donors (Lipinski definition) is 1. The molecular formula is C15H30N2O3S. The molecule has 21 heavy (non-hydrogen) atoms. The lowest BCUT2D eigenvalue weighted by Crippen LogP contribution is -2.69. The van der Waals surface area contributed by atoms with Crippen molar-refractivity contribution >= 4 is 10.0 Å². The molecule has 0 amide bonds. The molecule has 0 aromatic carbocycles. The molecule has 1 saturated heterocycles. The van der Waals surface area contributed by atoms with E-state index in [1.807, 2.05) is 13.8 Å². The molecule has 5 nitrogen and oxygen atoms in total. The van der Waals surface area contributed by atoms with E-state index in [4.69, 9.17) is 4.74 Å². The summed E-state index contributed by atoms with van der Waals surface area (Å²) in [6.07, 6.45) is 2.64. The van der Waals surface area contributed by atoms with Crippen LogP contribution in [-0.4, -0.2) is 56.9 Å². The van der Waals surface area contributed by atoms with Crippen LogP contribution in [0.1, 0.15) is 40.5 Å². The van der Waals surface area contributed by atoms with Crippen LogP contribution >= 0.6 is 0 Å². The Bertz CT molecular complexity index is 446. The summed E-state index contributed by atoms with van der Waals surface area (Å²) in [5, 5.41) is 3.48. The Morgan fingerprint density at radius 1 is 1.29 bits per heavy atom. The maximum Gasteiger partial charge on any atom is 0.215 e.